The number of hydrogen-bond donors (Lipinski definition) is 0. The third-order valence-corrected chi connectivity index (χ3v) is 23.6. The molecule has 0 spiro atoms. The summed E-state index contributed by atoms with van der Waals surface area (Å²) in [5.74, 6) is 0. The summed E-state index contributed by atoms with van der Waals surface area (Å²) >= 11 is 0. The molecule has 4 nitrogen and oxygen atoms in total. The number of hydrogen-bond acceptors (Lipinski definition) is 4. The Morgan fingerprint density at radius 2 is 0.695 bits per heavy atom. The van der Waals surface area contributed by atoms with Crippen molar-refractivity contribution in [2.45, 2.75) is 143 Å². The van der Waals surface area contributed by atoms with Crippen LogP contribution in [0.3, 0.4) is 0 Å². The van der Waals surface area contributed by atoms with Crippen LogP contribution in [0.2, 0.25) is 0 Å². The number of fused-ring (bicyclic) bond motifs is 17. The molecule has 0 bridgehead atoms. The van der Waals surface area contributed by atoms with Crippen molar-refractivity contribution in [2.75, 3.05) is 9.80 Å². The monoisotopic (exact) mass is 1070 g/mol. The van der Waals surface area contributed by atoms with E-state index in [4.69, 9.17) is 8.83 Å². The van der Waals surface area contributed by atoms with Crippen molar-refractivity contribution in [1.29, 1.82) is 0 Å². The van der Waals surface area contributed by atoms with E-state index in [1.165, 1.54) is 66.8 Å². The Hall–Kier alpha value is -7.82. The van der Waals surface area contributed by atoms with E-state index in [2.05, 4.69) is 290 Å². The second kappa shape index (κ2) is 16.0. The van der Waals surface area contributed by atoms with Crippen molar-refractivity contribution in [1.82, 2.24) is 0 Å². The molecule has 0 atom stereocenters. The Kier molecular flexibility index (Phi) is 9.99. The van der Waals surface area contributed by atoms with Gasteiger partial charge in [-0.05, 0) is 166 Å². The van der Waals surface area contributed by atoms with Gasteiger partial charge in [0.15, 0.2) is 5.58 Å². The maximum absolute atomic E-state index is 7.34. The lowest BCUT2D eigenvalue weighted by atomic mass is 9.59. The van der Waals surface area contributed by atoms with Gasteiger partial charge in [0, 0.05) is 55.3 Å². The average molecular weight is 1070 g/mol. The van der Waals surface area contributed by atoms with E-state index in [1.54, 1.807) is 0 Å². The maximum atomic E-state index is 7.34. The standard InChI is InChI=1S/C78H76N2O2/c1-71(2)57-44-60(80(46-29-21-18-22-30-46)48-36-40-54-56(42-48)76(11,12)78(15,16)74(54,7)8)69-66(50-32-24-26-34-62(50)81-69)63(57)51-37-38-52-64-58(72(3,4)68(52)67(51)71)43-59(65-49-31-23-25-33-61(49)82-70(64)65)79(45-27-19-17-20-28-45)47-35-39-53-55(41-47)75(9,10)77(13,14)73(53,5)6/h17-44H,1-16H3. The summed E-state index contributed by atoms with van der Waals surface area (Å²) in [5.41, 5.74) is 25.2. The van der Waals surface area contributed by atoms with Crippen LogP contribution in [0.1, 0.15) is 155 Å². The summed E-state index contributed by atoms with van der Waals surface area (Å²) in [5, 5.41) is 4.54. The fourth-order valence-electron chi connectivity index (χ4n) is 16.6. The van der Waals surface area contributed by atoms with E-state index in [1.807, 2.05) is 0 Å². The van der Waals surface area contributed by atoms with Gasteiger partial charge in [-0.2, -0.15) is 0 Å². The van der Waals surface area contributed by atoms with Gasteiger partial charge in [0.2, 0.25) is 0 Å². The Labute approximate surface area is 484 Å². The zero-order valence-corrected chi connectivity index (χ0v) is 50.9. The molecular formula is C78H76N2O2. The summed E-state index contributed by atoms with van der Waals surface area (Å²) in [6.07, 6.45) is 0. The molecule has 0 radical (unpaired) electrons. The van der Waals surface area contributed by atoms with Gasteiger partial charge < -0.3 is 18.6 Å². The normalized spacial score (nSPS) is 19.0. The number of benzene rings is 9. The largest absolute Gasteiger partial charge is 0.455 e. The maximum Gasteiger partial charge on any atom is 0.160 e. The SMILES string of the molecule is CC1(C)c2cc(N(c3ccccc3)c3ccc4c(c3)C(C)(C)C(C)(C)C4(C)C)c3c(oc4ccccc43)c2-c2ccc3c(c21)C(C)(C)c1cc(N(c2ccccc2)c2ccc4c(c2)C(C)(C)C(C)(C)C4(C)C)c2oc4ccccc4c2c1-3. The number of furan rings is 2. The topological polar surface area (TPSA) is 32.8 Å². The molecule has 0 unspecified atom stereocenters. The molecule has 82 heavy (non-hydrogen) atoms. The molecule has 0 saturated heterocycles. The van der Waals surface area contributed by atoms with Crippen LogP contribution in [0.25, 0.3) is 66.1 Å². The first-order valence-electron chi connectivity index (χ1n) is 29.9. The third kappa shape index (κ3) is 6.08. The molecule has 410 valence electrons. The van der Waals surface area contributed by atoms with Gasteiger partial charge >= 0.3 is 0 Å². The highest BCUT2D eigenvalue weighted by atomic mass is 16.3. The predicted octanol–water partition coefficient (Wildman–Crippen LogP) is 22.2. The molecule has 0 saturated carbocycles. The first-order valence-corrected chi connectivity index (χ1v) is 29.9. The zero-order valence-electron chi connectivity index (χ0n) is 50.9. The molecule has 15 rings (SSSR count). The van der Waals surface area contributed by atoms with E-state index >= 15 is 0 Å². The zero-order chi connectivity index (χ0) is 57.4. The molecule has 4 aliphatic carbocycles. The number of nitrogens with zero attached hydrogens (tertiary/aromatic N) is 2. The van der Waals surface area contributed by atoms with Crippen LogP contribution in [0.4, 0.5) is 34.1 Å². The lowest BCUT2D eigenvalue weighted by molar-refractivity contribution is 0.125. The summed E-state index contributed by atoms with van der Waals surface area (Å²) in [6.45, 7) is 39.2. The van der Waals surface area contributed by atoms with Gasteiger partial charge in [-0.25, -0.2) is 0 Å². The van der Waals surface area contributed by atoms with Crippen molar-refractivity contribution in [2.24, 2.45) is 10.8 Å². The minimum Gasteiger partial charge on any atom is -0.455 e. The molecule has 4 aliphatic rings. The highest BCUT2D eigenvalue weighted by molar-refractivity contribution is 6.22. The second-order valence-electron chi connectivity index (χ2n) is 29.0. The lowest BCUT2D eigenvalue weighted by Gasteiger charge is -2.44. The van der Waals surface area contributed by atoms with E-state index in [0.29, 0.717) is 0 Å². The van der Waals surface area contributed by atoms with E-state index in [9.17, 15) is 0 Å². The Morgan fingerprint density at radius 1 is 0.305 bits per heavy atom. The van der Waals surface area contributed by atoms with E-state index in [0.717, 1.165) is 78.0 Å². The molecule has 0 amide bonds. The Bertz CT molecular complexity index is 4570. The highest BCUT2D eigenvalue weighted by Gasteiger charge is 2.58. The second-order valence-corrected chi connectivity index (χ2v) is 29.0. The molecule has 11 aromatic rings. The molecule has 0 fully saturated rings. The third-order valence-electron chi connectivity index (χ3n) is 23.6. The van der Waals surface area contributed by atoms with Crippen molar-refractivity contribution in [3.63, 3.8) is 0 Å². The first-order chi connectivity index (χ1) is 38.8. The van der Waals surface area contributed by atoms with Crippen molar-refractivity contribution in [3.8, 4) is 22.3 Å². The minimum atomic E-state index is -0.442. The summed E-state index contributed by atoms with van der Waals surface area (Å²) in [4.78, 5) is 5.00. The smallest absolute Gasteiger partial charge is 0.160 e. The van der Waals surface area contributed by atoms with Crippen LogP contribution in [0, 0.1) is 10.8 Å². The average Bonchev–Trinajstić information content (AvgIpc) is 1.70. The molecule has 0 N–H and O–H groups in total. The minimum absolute atomic E-state index is 0.0129. The van der Waals surface area contributed by atoms with E-state index in [-0.39, 0.29) is 32.5 Å². The Balaban J connectivity index is 0.975. The van der Waals surface area contributed by atoms with Gasteiger partial charge in [0.25, 0.3) is 0 Å². The first kappa shape index (κ1) is 51.1. The van der Waals surface area contributed by atoms with Gasteiger partial charge in [-0.15, -0.1) is 0 Å². The van der Waals surface area contributed by atoms with Crippen molar-refractivity contribution in [3.05, 3.63) is 214 Å². The molecule has 4 heteroatoms. The lowest BCUT2D eigenvalue weighted by Crippen LogP contribution is -2.42. The molecular weight excluding hydrogens is 997 g/mol. The van der Waals surface area contributed by atoms with Crippen LogP contribution in [-0.4, -0.2) is 0 Å². The number of para-hydroxylation sites is 4. The number of rotatable bonds is 6. The van der Waals surface area contributed by atoms with Crippen LogP contribution in [0.5, 0.6) is 0 Å². The quantitative estimate of drug-likeness (QED) is 0.166. The van der Waals surface area contributed by atoms with Crippen LogP contribution < -0.4 is 9.80 Å². The highest BCUT2D eigenvalue weighted by Crippen LogP contribution is 2.67. The summed E-state index contributed by atoms with van der Waals surface area (Å²) < 4.78 is 14.6. The molecule has 0 aliphatic heterocycles. The predicted molar refractivity (Wildman–Crippen MR) is 345 cm³/mol. The fourth-order valence-corrected chi connectivity index (χ4v) is 16.6. The summed E-state index contributed by atoms with van der Waals surface area (Å²) in [6, 6.07) is 63.8. The molecule has 2 heterocycles. The van der Waals surface area contributed by atoms with Crippen LogP contribution >= 0.6 is 0 Å². The van der Waals surface area contributed by atoms with Crippen molar-refractivity contribution < 1.29 is 8.83 Å². The Morgan fingerprint density at radius 3 is 1.20 bits per heavy atom. The van der Waals surface area contributed by atoms with Crippen LogP contribution in [0.15, 0.2) is 179 Å². The summed E-state index contributed by atoms with van der Waals surface area (Å²) in [7, 11) is 0. The number of anilines is 6. The van der Waals surface area contributed by atoms with Gasteiger partial charge in [-0.3, -0.25) is 0 Å². The van der Waals surface area contributed by atoms with E-state index < -0.39 is 10.8 Å². The fraction of sp³-hybridized carbons (Fsp3) is 0.308. The van der Waals surface area contributed by atoms with Gasteiger partial charge in [0.05, 0.1) is 16.8 Å². The van der Waals surface area contributed by atoms with Crippen molar-refractivity contribution >= 4 is 78.0 Å². The van der Waals surface area contributed by atoms with Crippen LogP contribution in [-0.2, 0) is 32.5 Å². The molecule has 2 aromatic heterocycles. The van der Waals surface area contributed by atoms with Gasteiger partial charge in [-0.1, -0.05) is 208 Å². The molecule has 9 aromatic carbocycles. The van der Waals surface area contributed by atoms with Gasteiger partial charge in [0.1, 0.15) is 16.7 Å².